The molecule has 1 aromatic carbocycles. The van der Waals surface area contributed by atoms with Crippen molar-refractivity contribution in [3.05, 3.63) is 47.6 Å². The number of hydrogen-bond acceptors (Lipinski definition) is 5. The van der Waals surface area contributed by atoms with Crippen molar-refractivity contribution in [2.45, 2.75) is 46.6 Å². The molecule has 0 aliphatic rings. The van der Waals surface area contributed by atoms with E-state index in [1.807, 2.05) is 6.92 Å². The topological polar surface area (TPSA) is 78.6 Å². The van der Waals surface area contributed by atoms with Gasteiger partial charge in [0.2, 0.25) is 5.89 Å². The zero-order chi connectivity index (χ0) is 20.2. The number of nitrogens with one attached hydrogen (secondary N) is 2. The normalized spacial score (nSPS) is 12.5. The third-order valence-electron chi connectivity index (χ3n) is 4.63. The molecule has 2 rings (SSSR count). The fourth-order valence-electron chi connectivity index (χ4n) is 3.18. The second kappa shape index (κ2) is 14.3. The van der Waals surface area contributed by atoms with Crippen LogP contribution in [0, 0.1) is 6.92 Å². The molecule has 0 radical (unpaired) electrons. The summed E-state index contributed by atoms with van der Waals surface area (Å²) >= 11 is 0. The van der Waals surface area contributed by atoms with Crippen LogP contribution in [-0.4, -0.2) is 53.7 Å². The van der Waals surface area contributed by atoms with Gasteiger partial charge in [0.15, 0.2) is 11.8 Å². The van der Waals surface area contributed by atoms with Crippen LogP contribution in [0.2, 0.25) is 0 Å². The minimum atomic E-state index is 0. The molecule has 8 heteroatoms. The maximum absolute atomic E-state index is 5.16. The molecule has 0 aliphatic carbocycles. The molecule has 1 atom stereocenters. The van der Waals surface area contributed by atoms with E-state index in [2.05, 4.69) is 76.8 Å². The van der Waals surface area contributed by atoms with Gasteiger partial charge in [0.25, 0.3) is 0 Å². The molecule has 0 saturated carbocycles. The lowest BCUT2D eigenvalue weighted by molar-refractivity contribution is 0.224. The zero-order valence-electron chi connectivity index (χ0n) is 18.0. The average molecular weight is 514 g/mol. The summed E-state index contributed by atoms with van der Waals surface area (Å²) in [4.78, 5) is 11.5. The number of halogens is 1. The number of benzene rings is 1. The van der Waals surface area contributed by atoms with E-state index in [9.17, 15) is 0 Å². The van der Waals surface area contributed by atoms with E-state index in [0.29, 0.717) is 18.3 Å². The van der Waals surface area contributed by atoms with Crippen LogP contribution < -0.4 is 10.6 Å². The highest BCUT2D eigenvalue weighted by molar-refractivity contribution is 14.0. The molecule has 0 fully saturated rings. The van der Waals surface area contributed by atoms with Crippen LogP contribution in [0.15, 0.2) is 39.8 Å². The van der Waals surface area contributed by atoms with Crippen LogP contribution in [0.5, 0.6) is 0 Å². The number of likely N-dealkylation sites (N-methyl/N-ethyl adjacent to an activating group) is 1. The van der Waals surface area contributed by atoms with Gasteiger partial charge in [0.1, 0.15) is 0 Å². The molecule has 2 aromatic rings. The Bertz CT molecular complexity index is 702. The molecular formula is C21H35IN6O. The number of aromatic nitrogens is 2. The Balaban J connectivity index is 0.00000420. The van der Waals surface area contributed by atoms with Crippen molar-refractivity contribution in [1.29, 1.82) is 0 Å². The van der Waals surface area contributed by atoms with Crippen LogP contribution in [0.3, 0.4) is 0 Å². The van der Waals surface area contributed by atoms with Crippen LogP contribution in [-0.2, 0) is 6.42 Å². The first-order valence-electron chi connectivity index (χ1n) is 10.3. The molecular weight excluding hydrogens is 479 g/mol. The van der Waals surface area contributed by atoms with Crippen molar-refractivity contribution in [2.75, 3.05) is 32.7 Å². The zero-order valence-corrected chi connectivity index (χ0v) is 20.3. The van der Waals surface area contributed by atoms with Crippen LogP contribution in [0.4, 0.5) is 0 Å². The fraction of sp³-hybridized carbons (Fsp3) is 0.571. The Morgan fingerprint density at radius 3 is 2.45 bits per heavy atom. The van der Waals surface area contributed by atoms with Crippen molar-refractivity contribution < 1.29 is 4.52 Å². The fourth-order valence-corrected chi connectivity index (χ4v) is 3.18. The highest BCUT2D eigenvalue weighted by Crippen LogP contribution is 2.20. The van der Waals surface area contributed by atoms with Crippen molar-refractivity contribution in [3.63, 3.8) is 0 Å². The standard InChI is InChI=1S/C21H34N6O.HI/c1-5-22-21(23-15-11-14-20-25-17(4)26-28-20)24-16-19(27(6-2)7-3)18-12-9-8-10-13-18;/h8-10,12-13,19H,5-7,11,14-16H2,1-4H3,(H2,22,23,24);1H. The van der Waals surface area contributed by atoms with Crippen molar-refractivity contribution in [1.82, 2.24) is 25.7 Å². The summed E-state index contributed by atoms with van der Waals surface area (Å²) in [5.74, 6) is 2.21. The summed E-state index contributed by atoms with van der Waals surface area (Å²) in [5, 5.41) is 10.6. The lowest BCUT2D eigenvalue weighted by Gasteiger charge is -2.29. The van der Waals surface area contributed by atoms with E-state index in [-0.39, 0.29) is 30.0 Å². The van der Waals surface area contributed by atoms with Crippen LogP contribution >= 0.6 is 24.0 Å². The Labute approximate surface area is 191 Å². The highest BCUT2D eigenvalue weighted by atomic mass is 127. The summed E-state index contributed by atoms with van der Waals surface area (Å²) < 4.78 is 5.16. The van der Waals surface area contributed by atoms with E-state index < -0.39 is 0 Å². The first kappa shape index (κ1) is 25.4. The lowest BCUT2D eigenvalue weighted by Crippen LogP contribution is -2.39. The number of guanidine groups is 1. The largest absolute Gasteiger partial charge is 0.357 e. The Kier molecular flexibility index (Phi) is 12.5. The Morgan fingerprint density at radius 2 is 1.86 bits per heavy atom. The van der Waals surface area contributed by atoms with Gasteiger partial charge >= 0.3 is 0 Å². The van der Waals surface area contributed by atoms with E-state index in [1.165, 1.54) is 5.56 Å². The van der Waals surface area contributed by atoms with Crippen LogP contribution in [0.1, 0.15) is 50.5 Å². The third kappa shape index (κ3) is 8.69. The second-order valence-electron chi connectivity index (χ2n) is 6.63. The van der Waals surface area contributed by atoms with Gasteiger partial charge in [-0.25, -0.2) is 0 Å². The predicted octanol–water partition coefficient (Wildman–Crippen LogP) is 3.57. The SMILES string of the molecule is CCNC(=NCC(c1ccccc1)N(CC)CC)NCCCc1nc(C)no1.I. The summed E-state index contributed by atoms with van der Waals surface area (Å²) in [5.41, 5.74) is 1.30. The predicted molar refractivity (Wildman–Crippen MR) is 129 cm³/mol. The Hall–Kier alpha value is -1.68. The van der Waals surface area contributed by atoms with E-state index in [4.69, 9.17) is 9.52 Å². The number of hydrogen-bond donors (Lipinski definition) is 2. The molecule has 162 valence electrons. The third-order valence-corrected chi connectivity index (χ3v) is 4.63. The van der Waals surface area contributed by atoms with Gasteiger partial charge in [-0.15, -0.1) is 24.0 Å². The molecule has 0 aliphatic heterocycles. The molecule has 1 aromatic heterocycles. The molecule has 0 spiro atoms. The summed E-state index contributed by atoms with van der Waals surface area (Å²) in [7, 11) is 0. The monoisotopic (exact) mass is 514 g/mol. The van der Waals surface area contributed by atoms with E-state index >= 15 is 0 Å². The molecule has 0 bridgehead atoms. The van der Waals surface area contributed by atoms with Gasteiger partial charge in [-0.2, -0.15) is 4.98 Å². The summed E-state index contributed by atoms with van der Waals surface area (Å²) in [6.45, 7) is 12.7. The lowest BCUT2D eigenvalue weighted by atomic mass is 10.1. The molecule has 29 heavy (non-hydrogen) atoms. The highest BCUT2D eigenvalue weighted by Gasteiger charge is 2.17. The molecule has 0 saturated heterocycles. The quantitative estimate of drug-likeness (QED) is 0.207. The van der Waals surface area contributed by atoms with Gasteiger partial charge in [0, 0.05) is 19.5 Å². The maximum atomic E-state index is 5.16. The first-order chi connectivity index (χ1) is 13.7. The van der Waals surface area contributed by atoms with Crippen molar-refractivity contribution >= 4 is 29.9 Å². The number of nitrogens with zero attached hydrogens (tertiary/aromatic N) is 4. The number of aliphatic imine (C=N–C) groups is 1. The molecule has 2 N–H and O–H groups in total. The van der Waals surface area contributed by atoms with E-state index in [0.717, 1.165) is 45.0 Å². The summed E-state index contributed by atoms with van der Waals surface area (Å²) in [6, 6.07) is 10.9. The number of rotatable bonds is 11. The van der Waals surface area contributed by atoms with E-state index in [1.54, 1.807) is 0 Å². The van der Waals surface area contributed by atoms with Crippen molar-refractivity contribution in [2.24, 2.45) is 4.99 Å². The second-order valence-corrected chi connectivity index (χ2v) is 6.63. The van der Waals surface area contributed by atoms with Gasteiger partial charge in [-0.3, -0.25) is 9.89 Å². The van der Waals surface area contributed by atoms with Crippen molar-refractivity contribution in [3.8, 4) is 0 Å². The maximum Gasteiger partial charge on any atom is 0.226 e. The molecule has 1 unspecified atom stereocenters. The Morgan fingerprint density at radius 1 is 1.14 bits per heavy atom. The molecule has 7 nitrogen and oxygen atoms in total. The minimum Gasteiger partial charge on any atom is -0.357 e. The molecule has 0 amide bonds. The van der Waals surface area contributed by atoms with Gasteiger partial charge in [-0.05, 0) is 38.9 Å². The minimum absolute atomic E-state index is 0. The van der Waals surface area contributed by atoms with Gasteiger partial charge in [0.05, 0.1) is 12.6 Å². The van der Waals surface area contributed by atoms with Gasteiger partial charge in [-0.1, -0.05) is 49.3 Å². The van der Waals surface area contributed by atoms with Crippen LogP contribution in [0.25, 0.3) is 0 Å². The molecule has 1 heterocycles. The van der Waals surface area contributed by atoms with Gasteiger partial charge < -0.3 is 15.2 Å². The summed E-state index contributed by atoms with van der Waals surface area (Å²) in [6.07, 6.45) is 1.67. The first-order valence-corrected chi connectivity index (χ1v) is 10.3. The average Bonchev–Trinajstić information content (AvgIpc) is 3.14. The smallest absolute Gasteiger partial charge is 0.226 e. The number of aryl methyl sites for hydroxylation is 2.